The quantitative estimate of drug-likeness (QED) is 0.573. The molecule has 0 aliphatic carbocycles. The zero-order valence-electron chi connectivity index (χ0n) is 12.1. The van der Waals surface area contributed by atoms with Crippen LogP contribution < -0.4 is 5.56 Å². The van der Waals surface area contributed by atoms with Crippen molar-refractivity contribution in [1.29, 1.82) is 0 Å². The van der Waals surface area contributed by atoms with Gasteiger partial charge in [-0.05, 0) is 18.2 Å². The number of fused-ring (bicyclic) bond motifs is 3. The Morgan fingerprint density at radius 1 is 1.26 bits per heavy atom. The molecule has 0 aliphatic heterocycles. The van der Waals surface area contributed by atoms with Crippen LogP contribution in [0, 0.1) is 0 Å². The van der Waals surface area contributed by atoms with Crippen LogP contribution in [0.15, 0.2) is 35.4 Å². The van der Waals surface area contributed by atoms with Gasteiger partial charge in [-0.2, -0.15) is 9.50 Å². The second-order valence-corrected chi connectivity index (χ2v) is 4.86. The maximum atomic E-state index is 12.6. The van der Waals surface area contributed by atoms with Crippen molar-refractivity contribution < 1.29 is 5.11 Å². The third kappa shape index (κ3) is 1.94. The molecular weight excluding hydrogens is 298 g/mol. The van der Waals surface area contributed by atoms with Crippen LogP contribution in [0.4, 0.5) is 0 Å². The summed E-state index contributed by atoms with van der Waals surface area (Å²) in [5, 5.41) is 22.1. The highest BCUT2D eigenvalue weighted by molar-refractivity contribution is 5.74. The highest BCUT2D eigenvalue weighted by atomic mass is 16.3. The summed E-state index contributed by atoms with van der Waals surface area (Å²) in [6, 6.07) is 4.70. The average Bonchev–Trinajstić information content (AvgIpc) is 3.00. The topological polar surface area (TPSA) is 111 Å². The van der Waals surface area contributed by atoms with Crippen LogP contribution in [0.1, 0.15) is 12.7 Å². The van der Waals surface area contributed by atoms with Crippen molar-refractivity contribution in [3.8, 4) is 11.6 Å². The van der Waals surface area contributed by atoms with E-state index >= 15 is 0 Å². The number of rotatable bonds is 2. The van der Waals surface area contributed by atoms with Crippen LogP contribution in [-0.2, 0) is 6.42 Å². The summed E-state index contributed by atoms with van der Waals surface area (Å²) < 4.78 is 2.71. The summed E-state index contributed by atoms with van der Waals surface area (Å²) in [6.07, 6.45) is 3.66. The van der Waals surface area contributed by atoms with Crippen molar-refractivity contribution in [1.82, 2.24) is 34.3 Å². The molecule has 4 aromatic rings. The molecular formula is C14H11N7O2. The molecule has 9 heteroatoms. The van der Waals surface area contributed by atoms with Crippen LogP contribution in [-0.4, -0.2) is 39.5 Å². The molecule has 0 aromatic carbocycles. The molecule has 0 saturated carbocycles. The van der Waals surface area contributed by atoms with Crippen molar-refractivity contribution >= 4 is 16.8 Å². The number of aromatic hydroxyl groups is 1. The average molecular weight is 309 g/mol. The monoisotopic (exact) mass is 309 g/mol. The third-order valence-corrected chi connectivity index (χ3v) is 3.46. The van der Waals surface area contributed by atoms with E-state index in [1.54, 1.807) is 12.1 Å². The maximum Gasteiger partial charge on any atom is 0.286 e. The van der Waals surface area contributed by atoms with Gasteiger partial charge < -0.3 is 5.11 Å². The second kappa shape index (κ2) is 4.83. The molecule has 23 heavy (non-hydrogen) atoms. The van der Waals surface area contributed by atoms with Gasteiger partial charge in [0, 0.05) is 18.8 Å². The van der Waals surface area contributed by atoms with E-state index < -0.39 is 5.56 Å². The number of aromatic nitrogens is 7. The molecule has 0 amide bonds. The van der Waals surface area contributed by atoms with Crippen LogP contribution >= 0.6 is 0 Å². The SMILES string of the molecule is CCc1nc2nnc3c(=O)n(-c4ncccc4O)ccc3n2n1. The Labute approximate surface area is 128 Å². The van der Waals surface area contributed by atoms with Crippen molar-refractivity contribution in [3.05, 3.63) is 46.8 Å². The largest absolute Gasteiger partial charge is 0.504 e. The van der Waals surface area contributed by atoms with Crippen molar-refractivity contribution in [3.63, 3.8) is 0 Å². The number of nitrogens with zero attached hydrogens (tertiary/aromatic N) is 7. The Hall–Kier alpha value is -3.36. The predicted octanol–water partition coefficient (Wildman–Crippen LogP) is 0.486. The highest BCUT2D eigenvalue weighted by Gasteiger charge is 2.14. The molecule has 9 nitrogen and oxygen atoms in total. The van der Waals surface area contributed by atoms with Crippen LogP contribution in [0.25, 0.3) is 22.6 Å². The maximum absolute atomic E-state index is 12.6. The lowest BCUT2D eigenvalue weighted by Crippen LogP contribution is -2.21. The van der Waals surface area contributed by atoms with E-state index in [1.807, 2.05) is 6.92 Å². The van der Waals surface area contributed by atoms with Gasteiger partial charge in [-0.25, -0.2) is 4.98 Å². The lowest BCUT2D eigenvalue weighted by atomic mass is 10.3. The fourth-order valence-electron chi connectivity index (χ4n) is 2.34. The molecule has 4 rings (SSSR count). The molecule has 1 N–H and O–H groups in total. The van der Waals surface area contributed by atoms with E-state index in [-0.39, 0.29) is 17.1 Å². The van der Waals surface area contributed by atoms with Gasteiger partial charge in [0.2, 0.25) is 0 Å². The number of pyridine rings is 2. The standard InChI is InChI=1S/C14H11N7O2/c1-2-10-16-14-18-17-11-8(21(14)19-10)5-7-20(13(11)23)12-9(22)4-3-6-15-12/h3-7,22H,2H2,1H3. The molecule has 4 heterocycles. The number of aryl methyl sites for hydroxylation is 1. The molecule has 4 aromatic heterocycles. The fourth-order valence-corrected chi connectivity index (χ4v) is 2.34. The van der Waals surface area contributed by atoms with Crippen molar-refractivity contribution in [2.24, 2.45) is 0 Å². The molecule has 0 saturated heterocycles. The second-order valence-electron chi connectivity index (χ2n) is 4.86. The van der Waals surface area contributed by atoms with E-state index in [0.717, 1.165) is 0 Å². The zero-order chi connectivity index (χ0) is 16.0. The Bertz CT molecular complexity index is 1100. The van der Waals surface area contributed by atoms with Gasteiger partial charge in [0.05, 0.1) is 0 Å². The van der Waals surface area contributed by atoms with E-state index in [1.165, 1.54) is 27.5 Å². The molecule has 0 unspecified atom stereocenters. The summed E-state index contributed by atoms with van der Waals surface area (Å²) >= 11 is 0. The van der Waals surface area contributed by atoms with Gasteiger partial charge in [-0.15, -0.1) is 15.3 Å². The van der Waals surface area contributed by atoms with Crippen molar-refractivity contribution in [2.75, 3.05) is 0 Å². The van der Waals surface area contributed by atoms with Gasteiger partial charge in [0.15, 0.2) is 22.9 Å². The van der Waals surface area contributed by atoms with E-state index in [4.69, 9.17) is 0 Å². The minimum atomic E-state index is -0.445. The van der Waals surface area contributed by atoms with E-state index in [9.17, 15) is 9.90 Å². The molecule has 0 radical (unpaired) electrons. The predicted molar refractivity (Wildman–Crippen MR) is 80.5 cm³/mol. The van der Waals surface area contributed by atoms with Crippen molar-refractivity contribution in [2.45, 2.75) is 13.3 Å². The first-order chi connectivity index (χ1) is 11.2. The summed E-state index contributed by atoms with van der Waals surface area (Å²) in [5.74, 6) is 0.997. The normalized spacial score (nSPS) is 11.3. The van der Waals surface area contributed by atoms with Crippen LogP contribution in [0.3, 0.4) is 0 Å². The molecule has 0 bridgehead atoms. The molecule has 0 fully saturated rings. The van der Waals surface area contributed by atoms with Crippen LogP contribution in [0.5, 0.6) is 5.75 Å². The zero-order valence-corrected chi connectivity index (χ0v) is 12.1. The van der Waals surface area contributed by atoms with E-state index in [2.05, 4.69) is 25.3 Å². The lowest BCUT2D eigenvalue weighted by molar-refractivity contribution is 0.468. The molecule has 114 valence electrons. The van der Waals surface area contributed by atoms with E-state index in [0.29, 0.717) is 23.5 Å². The lowest BCUT2D eigenvalue weighted by Gasteiger charge is -2.07. The Kier molecular flexibility index (Phi) is 2.80. The highest BCUT2D eigenvalue weighted by Crippen LogP contribution is 2.17. The molecule has 0 atom stereocenters. The van der Waals surface area contributed by atoms with Gasteiger partial charge in [0.25, 0.3) is 11.3 Å². The Morgan fingerprint density at radius 3 is 2.91 bits per heavy atom. The summed E-state index contributed by atoms with van der Waals surface area (Å²) in [5.41, 5.74) is 0.177. The van der Waals surface area contributed by atoms with Gasteiger partial charge in [0.1, 0.15) is 5.52 Å². The van der Waals surface area contributed by atoms with Gasteiger partial charge in [-0.1, -0.05) is 6.92 Å². The summed E-state index contributed by atoms with van der Waals surface area (Å²) in [4.78, 5) is 20.9. The first kappa shape index (κ1) is 13.3. The van der Waals surface area contributed by atoms with Gasteiger partial charge in [-0.3, -0.25) is 9.36 Å². The third-order valence-electron chi connectivity index (χ3n) is 3.46. The first-order valence-corrected chi connectivity index (χ1v) is 6.97. The molecule has 0 aliphatic rings. The summed E-state index contributed by atoms with van der Waals surface area (Å²) in [7, 11) is 0. The summed E-state index contributed by atoms with van der Waals surface area (Å²) in [6.45, 7) is 1.93. The number of hydrogen-bond donors (Lipinski definition) is 1. The Balaban J connectivity index is 2.04. The Morgan fingerprint density at radius 2 is 2.13 bits per heavy atom. The van der Waals surface area contributed by atoms with Gasteiger partial charge >= 0.3 is 0 Å². The van der Waals surface area contributed by atoms with Crippen LogP contribution in [0.2, 0.25) is 0 Å². The minimum absolute atomic E-state index is 0.1000. The molecule has 0 spiro atoms. The minimum Gasteiger partial charge on any atom is -0.504 e. The first-order valence-electron chi connectivity index (χ1n) is 6.97. The smallest absolute Gasteiger partial charge is 0.286 e. The fraction of sp³-hybridized carbons (Fsp3) is 0.143. The number of hydrogen-bond acceptors (Lipinski definition) is 7.